The highest BCUT2D eigenvalue weighted by Gasteiger charge is 2.52. The van der Waals surface area contributed by atoms with Crippen molar-refractivity contribution < 1.29 is 19.8 Å². The van der Waals surface area contributed by atoms with Gasteiger partial charge in [-0.25, -0.2) is 0 Å². The highest BCUT2D eigenvalue weighted by atomic mass is 127. The zero-order chi connectivity index (χ0) is 27.7. The van der Waals surface area contributed by atoms with Gasteiger partial charge in [-0.3, -0.25) is 9.59 Å². The molecule has 0 bridgehead atoms. The fraction of sp³-hybridized carbons (Fsp3) is 0.290. The Kier molecular flexibility index (Phi) is 8.14. The maximum atomic E-state index is 13.8. The first-order valence-corrected chi connectivity index (χ1v) is 14.4. The summed E-state index contributed by atoms with van der Waals surface area (Å²) in [5.74, 6) is -1.15. The molecule has 8 heteroatoms. The number of fused-ring (bicyclic) bond motifs is 2. The van der Waals surface area contributed by atoms with Crippen LogP contribution in [0.4, 0.5) is 5.69 Å². The molecule has 2 N–H and O–H groups in total. The molecule has 2 aliphatic rings. The number of aliphatic hydroxyl groups is 2. The lowest BCUT2D eigenvalue weighted by molar-refractivity contribution is -0.139. The van der Waals surface area contributed by atoms with Crippen LogP contribution in [0.15, 0.2) is 78.9 Å². The Morgan fingerprint density at radius 1 is 1.15 bits per heavy atom. The van der Waals surface area contributed by atoms with Gasteiger partial charge >= 0.3 is 0 Å². The molecule has 39 heavy (non-hydrogen) atoms. The summed E-state index contributed by atoms with van der Waals surface area (Å²) < 4.78 is 1.06. The summed E-state index contributed by atoms with van der Waals surface area (Å²) in [5, 5.41) is 22.2. The van der Waals surface area contributed by atoms with Crippen LogP contribution in [0.3, 0.4) is 0 Å². The zero-order valence-electron chi connectivity index (χ0n) is 21.6. The first-order chi connectivity index (χ1) is 18.7. The van der Waals surface area contributed by atoms with Gasteiger partial charge in [-0.2, -0.15) is 0 Å². The smallest absolute Gasteiger partial charge is 0.264 e. The molecular weight excluding hydrogens is 627 g/mol. The van der Waals surface area contributed by atoms with E-state index in [0.717, 1.165) is 20.3 Å². The normalized spacial score (nSPS) is 21.3. The lowest BCUT2D eigenvalue weighted by Crippen LogP contribution is -2.46. The van der Waals surface area contributed by atoms with Crippen molar-refractivity contribution in [1.82, 2.24) is 4.90 Å². The van der Waals surface area contributed by atoms with Crippen molar-refractivity contribution in [2.75, 3.05) is 11.5 Å². The second-order valence-electron chi connectivity index (χ2n) is 10.2. The molecular formula is C31H30ClIN2O4. The Labute approximate surface area is 247 Å². The minimum Gasteiger partial charge on any atom is -0.394 e. The summed E-state index contributed by atoms with van der Waals surface area (Å²) in [4.78, 5) is 30.2. The lowest BCUT2D eigenvalue weighted by atomic mass is 9.83. The van der Waals surface area contributed by atoms with Crippen molar-refractivity contribution in [3.63, 3.8) is 0 Å². The molecule has 2 aliphatic heterocycles. The number of hydrogen-bond acceptors (Lipinski definition) is 4. The highest BCUT2D eigenvalue weighted by molar-refractivity contribution is 14.1. The van der Waals surface area contributed by atoms with Crippen LogP contribution in [0.5, 0.6) is 0 Å². The highest BCUT2D eigenvalue weighted by Crippen LogP contribution is 2.46. The van der Waals surface area contributed by atoms with Crippen LogP contribution in [0.25, 0.3) is 0 Å². The number of benzene rings is 3. The number of nitrogens with zero attached hydrogens (tertiary/aromatic N) is 2. The van der Waals surface area contributed by atoms with Gasteiger partial charge in [0.25, 0.3) is 5.91 Å². The molecule has 2 heterocycles. The number of amides is 2. The Morgan fingerprint density at radius 2 is 1.92 bits per heavy atom. The van der Waals surface area contributed by atoms with E-state index in [1.165, 1.54) is 0 Å². The summed E-state index contributed by atoms with van der Waals surface area (Å²) in [6.45, 7) is 2.43. The minimum absolute atomic E-state index is 0.0991. The van der Waals surface area contributed by atoms with Crippen molar-refractivity contribution in [2.24, 2.45) is 5.92 Å². The molecule has 0 radical (unpaired) electrons. The average molecular weight is 657 g/mol. The van der Waals surface area contributed by atoms with Gasteiger partial charge in [0.2, 0.25) is 5.91 Å². The number of anilines is 1. The van der Waals surface area contributed by atoms with Gasteiger partial charge in [-0.15, -0.1) is 0 Å². The van der Waals surface area contributed by atoms with Crippen LogP contribution in [-0.4, -0.2) is 39.6 Å². The maximum Gasteiger partial charge on any atom is 0.264 e. The summed E-state index contributed by atoms with van der Waals surface area (Å²) in [5.41, 5.74) is 2.45. The van der Waals surface area contributed by atoms with Crippen LogP contribution in [-0.2, 0) is 34.7 Å². The van der Waals surface area contributed by atoms with Crippen LogP contribution < -0.4 is 4.90 Å². The Bertz CT molecular complexity index is 1440. The molecule has 6 nitrogen and oxygen atoms in total. The maximum absolute atomic E-state index is 13.8. The van der Waals surface area contributed by atoms with Gasteiger partial charge in [-0.05, 0) is 76.0 Å². The Hall–Kier alpha value is -2.72. The van der Waals surface area contributed by atoms with E-state index in [4.69, 9.17) is 11.6 Å². The molecule has 0 aromatic heterocycles. The van der Waals surface area contributed by atoms with Crippen LogP contribution in [0, 0.1) is 9.49 Å². The van der Waals surface area contributed by atoms with Crippen LogP contribution >= 0.6 is 34.2 Å². The third kappa shape index (κ3) is 5.37. The fourth-order valence-electron chi connectivity index (χ4n) is 5.57. The summed E-state index contributed by atoms with van der Waals surface area (Å²) in [6.07, 6.45) is 4.14. The monoisotopic (exact) mass is 656 g/mol. The standard InChI is InChI=1S/C31H30ClIN2O4/c1-20(6-4-11-29(37)34-18-23-9-3-2-8-22(23)15-26(34)19-36)31(39)27-16-24(32)12-13-28(27)35(30(31)38)17-21-7-5-10-25(33)14-21/h2-10,12-14,16,20,26,36,39H,11,15,17-19H2,1H3/b6-4+/t20-,26-,31+/m0/s1. The molecule has 3 aromatic carbocycles. The van der Waals surface area contributed by atoms with E-state index in [9.17, 15) is 19.8 Å². The number of rotatable bonds is 7. The minimum atomic E-state index is -1.82. The molecule has 3 atom stereocenters. The predicted molar refractivity (Wildman–Crippen MR) is 160 cm³/mol. The van der Waals surface area contributed by atoms with Crippen molar-refractivity contribution in [3.8, 4) is 0 Å². The number of hydrogen-bond donors (Lipinski definition) is 2. The fourth-order valence-corrected chi connectivity index (χ4v) is 6.35. The first kappa shape index (κ1) is 27.8. The quantitative estimate of drug-likeness (QED) is 0.271. The van der Waals surface area contributed by atoms with Crippen molar-refractivity contribution in [2.45, 2.75) is 44.5 Å². The molecule has 0 fully saturated rings. The Morgan fingerprint density at radius 3 is 2.67 bits per heavy atom. The third-order valence-corrected chi connectivity index (χ3v) is 8.63. The second kappa shape index (κ2) is 11.4. The molecule has 0 saturated carbocycles. The summed E-state index contributed by atoms with van der Waals surface area (Å²) >= 11 is 8.53. The Balaban J connectivity index is 1.35. The average Bonchev–Trinajstić information content (AvgIpc) is 3.14. The molecule has 5 rings (SSSR count). The molecule has 2 amide bonds. The van der Waals surface area contributed by atoms with E-state index >= 15 is 0 Å². The van der Waals surface area contributed by atoms with Crippen molar-refractivity contribution in [1.29, 1.82) is 0 Å². The molecule has 0 saturated heterocycles. The lowest BCUT2D eigenvalue weighted by Gasteiger charge is -2.36. The van der Waals surface area contributed by atoms with E-state index in [2.05, 4.69) is 22.6 Å². The van der Waals surface area contributed by atoms with Gasteiger partial charge in [0.1, 0.15) is 0 Å². The van der Waals surface area contributed by atoms with E-state index in [1.54, 1.807) is 47.1 Å². The van der Waals surface area contributed by atoms with E-state index < -0.39 is 17.4 Å². The van der Waals surface area contributed by atoms with E-state index in [1.807, 2.05) is 48.5 Å². The zero-order valence-corrected chi connectivity index (χ0v) is 24.5. The number of carbonyl (C=O) groups excluding carboxylic acids is 2. The third-order valence-electron chi connectivity index (χ3n) is 7.72. The molecule has 202 valence electrons. The topological polar surface area (TPSA) is 81.1 Å². The van der Waals surface area contributed by atoms with Gasteiger partial charge in [-0.1, -0.05) is 67.1 Å². The first-order valence-electron chi connectivity index (χ1n) is 12.9. The number of carbonyl (C=O) groups is 2. The van der Waals surface area contributed by atoms with Gasteiger partial charge < -0.3 is 20.0 Å². The molecule has 0 unspecified atom stereocenters. The van der Waals surface area contributed by atoms with Crippen molar-refractivity contribution in [3.05, 3.63) is 110 Å². The number of aliphatic hydroxyl groups excluding tert-OH is 1. The van der Waals surface area contributed by atoms with Crippen LogP contribution in [0.1, 0.15) is 35.6 Å². The van der Waals surface area contributed by atoms with Gasteiger partial charge in [0, 0.05) is 33.0 Å². The molecule has 3 aromatic rings. The number of halogens is 2. The van der Waals surface area contributed by atoms with Crippen molar-refractivity contribution >= 4 is 51.7 Å². The van der Waals surface area contributed by atoms with Gasteiger partial charge in [0.15, 0.2) is 5.60 Å². The second-order valence-corrected chi connectivity index (χ2v) is 11.9. The molecule has 0 aliphatic carbocycles. The van der Waals surface area contributed by atoms with Gasteiger partial charge in [0.05, 0.1) is 24.9 Å². The largest absolute Gasteiger partial charge is 0.394 e. The van der Waals surface area contributed by atoms with E-state index in [0.29, 0.717) is 35.8 Å². The van der Waals surface area contributed by atoms with Crippen LogP contribution in [0.2, 0.25) is 5.02 Å². The predicted octanol–water partition coefficient (Wildman–Crippen LogP) is 5.21. The SMILES string of the molecule is C[C@@H](/C=C/CC(=O)N1Cc2ccccc2C[C@H]1CO)[C@]1(O)C(=O)N(Cc2cccc(I)c2)c2ccc(Cl)cc21. The summed E-state index contributed by atoms with van der Waals surface area (Å²) in [6, 6.07) is 20.7. The summed E-state index contributed by atoms with van der Waals surface area (Å²) in [7, 11) is 0. The van der Waals surface area contributed by atoms with E-state index in [-0.39, 0.29) is 25.0 Å². The molecule has 0 spiro atoms.